The van der Waals surface area contributed by atoms with E-state index in [-0.39, 0.29) is 5.41 Å². The van der Waals surface area contributed by atoms with E-state index < -0.39 is 0 Å². The molecule has 0 saturated carbocycles. The van der Waals surface area contributed by atoms with Gasteiger partial charge in [-0.3, -0.25) is 4.98 Å². The molecule has 0 fully saturated rings. The Morgan fingerprint density at radius 3 is 2.64 bits per heavy atom. The Morgan fingerprint density at radius 1 is 1.04 bits per heavy atom. The summed E-state index contributed by atoms with van der Waals surface area (Å²) < 4.78 is 1.76. The average molecular weight is 332 g/mol. The lowest BCUT2D eigenvalue weighted by atomic mass is 9.96. The van der Waals surface area contributed by atoms with Crippen molar-refractivity contribution in [3.05, 3.63) is 54.4 Å². The predicted molar refractivity (Wildman–Crippen MR) is 97.2 cm³/mol. The molecule has 6 nitrogen and oxygen atoms in total. The minimum absolute atomic E-state index is 0.0891. The van der Waals surface area contributed by atoms with Gasteiger partial charge in [0.15, 0.2) is 5.65 Å². The maximum Gasteiger partial charge on any atom is 0.155 e. The van der Waals surface area contributed by atoms with E-state index in [2.05, 4.69) is 40.8 Å². The average Bonchev–Trinajstić information content (AvgIpc) is 3.20. The lowest BCUT2D eigenvalue weighted by Crippen LogP contribution is -2.13. The van der Waals surface area contributed by atoms with Crippen LogP contribution in [0.3, 0.4) is 0 Å². The maximum atomic E-state index is 4.89. The summed E-state index contributed by atoms with van der Waals surface area (Å²) in [5.74, 6) is 0.930. The second-order valence-corrected chi connectivity index (χ2v) is 7.20. The van der Waals surface area contributed by atoms with Gasteiger partial charge in [-0.1, -0.05) is 26.8 Å². The third kappa shape index (κ3) is 2.80. The second-order valence-electron chi connectivity index (χ2n) is 7.20. The molecule has 0 atom stereocenters. The summed E-state index contributed by atoms with van der Waals surface area (Å²) in [6, 6.07) is 9.98. The van der Waals surface area contributed by atoms with Gasteiger partial charge in [-0.2, -0.15) is 5.10 Å². The van der Waals surface area contributed by atoms with Crippen LogP contribution in [0, 0.1) is 6.92 Å². The summed E-state index contributed by atoms with van der Waals surface area (Å²) in [7, 11) is 0. The highest BCUT2D eigenvalue weighted by Crippen LogP contribution is 2.32. The van der Waals surface area contributed by atoms with Gasteiger partial charge in [0, 0.05) is 22.9 Å². The van der Waals surface area contributed by atoms with Crippen molar-refractivity contribution in [3.8, 4) is 22.6 Å². The molecule has 0 bridgehead atoms. The number of aryl methyl sites for hydroxylation is 1. The summed E-state index contributed by atoms with van der Waals surface area (Å²) in [5, 5.41) is 4.23. The van der Waals surface area contributed by atoms with E-state index >= 15 is 0 Å². The molecule has 6 heteroatoms. The van der Waals surface area contributed by atoms with Crippen LogP contribution in [0.15, 0.2) is 42.9 Å². The first-order valence-electron chi connectivity index (χ1n) is 8.26. The molecule has 126 valence electrons. The van der Waals surface area contributed by atoms with Gasteiger partial charge in [0.1, 0.15) is 12.2 Å². The monoisotopic (exact) mass is 332 g/mol. The summed E-state index contributed by atoms with van der Waals surface area (Å²) >= 11 is 0. The molecule has 0 radical (unpaired) electrons. The van der Waals surface area contributed by atoms with E-state index in [1.54, 1.807) is 10.8 Å². The van der Waals surface area contributed by atoms with E-state index in [4.69, 9.17) is 4.98 Å². The predicted octanol–water partition coefficient (Wildman–Crippen LogP) is 3.79. The Bertz CT molecular complexity index is 1050. The Kier molecular flexibility index (Phi) is 3.42. The molecular weight excluding hydrogens is 312 g/mol. The smallest absolute Gasteiger partial charge is 0.155 e. The largest absolute Gasteiger partial charge is 0.340 e. The standard InChI is InChI=1S/C19H20N6/c1-12-6-5-7-14(22-12)17-16(23-18(24-17)19(2,3)4)13-8-9-15-20-11-21-25(15)10-13/h5-11H,1-4H3,(H,23,24). The van der Waals surface area contributed by atoms with Gasteiger partial charge in [-0.25, -0.2) is 14.5 Å². The number of imidazole rings is 1. The Morgan fingerprint density at radius 2 is 1.88 bits per heavy atom. The summed E-state index contributed by atoms with van der Waals surface area (Å²) in [5.41, 5.74) is 5.36. The Labute approximate surface area is 146 Å². The van der Waals surface area contributed by atoms with Crippen LogP contribution in [-0.2, 0) is 5.41 Å². The molecule has 0 unspecified atom stereocenters. The first-order valence-corrected chi connectivity index (χ1v) is 8.26. The van der Waals surface area contributed by atoms with Crippen molar-refractivity contribution >= 4 is 5.65 Å². The molecule has 0 saturated heterocycles. The zero-order valence-corrected chi connectivity index (χ0v) is 14.8. The summed E-state index contributed by atoms with van der Waals surface area (Å²) in [6.45, 7) is 8.42. The fraction of sp³-hybridized carbons (Fsp3) is 0.263. The number of fused-ring (bicyclic) bond motifs is 1. The molecule has 4 aromatic rings. The molecule has 4 heterocycles. The number of hydrogen-bond donors (Lipinski definition) is 1. The van der Waals surface area contributed by atoms with E-state index in [0.29, 0.717) is 0 Å². The molecule has 0 aliphatic heterocycles. The van der Waals surface area contributed by atoms with Gasteiger partial charge in [0.05, 0.1) is 17.1 Å². The minimum Gasteiger partial charge on any atom is -0.340 e. The van der Waals surface area contributed by atoms with Crippen molar-refractivity contribution < 1.29 is 0 Å². The lowest BCUT2D eigenvalue weighted by Gasteiger charge is -2.14. The summed E-state index contributed by atoms with van der Waals surface area (Å²) in [6.07, 6.45) is 3.50. The molecule has 4 rings (SSSR count). The fourth-order valence-corrected chi connectivity index (χ4v) is 2.76. The van der Waals surface area contributed by atoms with Crippen LogP contribution in [0.4, 0.5) is 0 Å². The zero-order chi connectivity index (χ0) is 17.6. The van der Waals surface area contributed by atoms with Crippen molar-refractivity contribution in [2.45, 2.75) is 33.1 Å². The molecule has 0 aliphatic rings. The number of aromatic amines is 1. The van der Waals surface area contributed by atoms with E-state index in [0.717, 1.165) is 39.8 Å². The lowest BCUT2D eigenvalue weighted by molar-refractivity contribution is 0.553. The van der Waals surface area contributed by atoms with Crippen LogP contribution in [0.25, 0.3) is 28.3 Å². The highest BCUT2D eigenvalue weighted by Gasteiger charge is 2.23. The van der Waals surface area contributed by atoms with Gasteiger partial charge < -0.3 is 4.98 Å². The van der Waals surface area contributed by atoms with Crippen LogP contribution < -0.4 is 0 Å². The fourth-order valence-electron chi connectivity index (χ4n) is 2.76. The molecule has 4 aromatic heterocycles. The van der Waals surface area contributed by atoms with Crippen molar-refractivity contribution in [2.24, 2.45) is 0 Å². The van der Waals surface area contributed by atoms with Gasteiger partial charge in [-0.15, -0.1) is 0 Å². The SMILES string of the molecule is Cc1cccc(-c2[nH]c(C(C)(C)C)nc2-c2ccc3ncnn3c2)n1. The number of pyridine rings is 2. The summed E-state index contributed by atoms with van der Waals surface area (Å²) in [4.78, 5) is 17.3. The molecule has 0 aliphatic carbocycles. The molecule has 1 N–H and O–H groups in total. The van der Waals surface area contributed by atoms with Crippen LogP contribution >= 0.6 is 0 Å². The minimum atomic E-state index is -0.0891. The van der Waals surface area contributed by atoms with Crippen LogP contribution in [0.2, 0.25) is 0 Å². The third-order valence-corrected chi connectivity index (χ3v) is 4.11. The van der Waals surface area contributed by atoms with Gasteiger partial charge >= 0.3 is 0 Å². The Hall–Kier alpha value is -3.02. The molecule has 0 amide bonds. The van der Waals surface area contributed by atoms with Crippen LogP contribution in [-0.4, -0.2) is 29.5 Å². The van der Waals surface area contributed by atoms with E-state index in [9.17, 15) is 0 Å². The number of rotatable bonds is 2. The third-order valence-electron chi connectivity index (χ3n) is 4.11. The topological polar surface area (TPSA) is 71.8 Å². The second kappa shape index (κ2) is 5.51. The number of nitrogens with one attached hydrogen (secondary N) is 1. The van der Waals surface area contributed by atoms with E-state index in [1.165, 1.54) is 0 Å². The number of nitrogens with zero attached hydrogens (tertiary/aromatic N) is 5. The van der Waals surface area contributed by atoms with Crippen molar-refractivity contribution in [1.82, 2.24) is 29.5 Å². The highest BCUT2D eigenvalue weighted by atomic mass is 15.3. The van der Waals surface area contributed by atoms with Gasteiger partial charge in [-0.05, 0) is 31.2 Å². The van der Waals surface area contributed by atoms with Gasteiger partial charge in [0.25, 0.3) is 0 Å². The maximum absolute atomic E-state index is 4.89. The van der Waals surface area contributed by atoms with Crippen LogP contribution in [0.5, 0.6) is 0 Å². The number of aromatic nitrogens is 6. The van der Waals surface area contributed by atoms with Gasteiger partial charge in [0.2, 0.25) is 0 Å². The first kappa shape index (κ1) is 15.5. The van der Waals surface area contributed by atoms with E-state index in [1.807, 2.05) is 43.5 Å². The normalized spacial score (nSPS) is 12.0. The number of hydrogen-bond acceptors (Lipinski definition) is 4. The highest BCUT2D eigenvalue weighted by molar-refractivity contribution is 5.77. The quantitative estimate of drug-likeness (QED) is 0.606. The molecule has 25 heavy (non-hydrogen) atoms. The number of H-pyrrole nitrogens is 1. The molecular formula is C19H20N6. The zero-order valence-electron chi connectivity index (χ0n) is 14.8. The molecule has 0 aromatic carbocycles. The first-order chi connectivity index (χ1) is 11.9. The van der Waals surface area contributed by atoms with Crippen molar-refractivity contribution in [3.63, 3.8) is 0 Å². The van der Waals surface area contributed by atoms with Crippen molar-refractivity contribution in [1.29, 1.82) is 0 Å². The van der Waals surface area contributed by atoms with Crippen molar-refractivity contribution in [2.75, 3.05) is 0 Å². The van der Waals surface area contributed by atoms with Crippen LogP contribution in [0.1, 0.15) is 32.3 Å². The molecule has 0 spiro atoms. The Balaban J connectivity index is 1.94.